The maximum atomic E-state index is 11.4. The van der Waals surface area contributed by atoms with Gasteiger partial charge in [0, 0.05) is 24.3 Å². The van der Waals surface area contributed by atoms with Gasteiger partial charge in [0.2, 0.25) is 0 Å². The molecule has 0 bridgehead atoms. The van der Waals surface area contributed by atoms with Crippen molar-refractivity contribution in [2.45, 2.75) is 71.8 Å². The number of carbonyl (C=O) groups excluding carboxylic acids is 2. The second-order valence-corrected chi connectivity index (χ2v) is 9.39. The van der Waals surface area contributed by atoms with Gasteiger partial charge in [0.15, 0.2) is 0 Å². The Bertz CT molecular complexity index is 705. The van der Waals surface area contributed by atoms with Gasteiger partial charge in [-0.05, 0) is 61.7 Å². The summed E-state index contributed by atoms with van der Waals surface area (Å²) in [6.07, 6.45) is 9.93. The number of ether oxygens (including phenoxy) is 1. The summed E-state index contributed by atoms with van der Waals surface area (Å²) in [6, 6.07) is 0. The van der Waals surface area contributed by atoms with Crippen LogP contribution in [0.15, 0.2) is 23.0 Å². The van der Waals surface area contributed by atoms with Crippen molar-refractivity contribution in [1.82, 2.24) is 0 Å². The lowest BCUT2D eigenvalue weighted by Crippen LogP contribution is -2.50. The van der Waals surface area contributed by atoms with Gasteiger partial charge in [0.25, 0.3) is 0 Å². The molecular weight excluding hydrogens is 328 g/mol. The first-order valence-electron chi connectivity index (χ1n) is 10.0. The van der Waals surface area contributed by atoms with E-state index in [1.54, 1.807) is 0 Å². The molecule has 26 heavy (non-hydrogen) atoms. The monoisotopic (exact) mass is 358 g/mol. The van der Waals surface area contributed by atoms with Crippen molar-refractivity contribution in [3.63, 3.8) is 0 Å². The van der Waals surface area contributed by atoms with Crippen molar-refractivity contribution in [3.8, 4) is 0 Å². The minimum absolute atomic E-state index is 0.0242. The number of hydrogen-bond donors (Lipinski definition) is 1. The van der Waals surface area contributed by atoms with Crippen LogP contribution in [-0.4, -0.2) is 23.5 Å². The highest BCUT2D eigenvalue weighted by Crippen LogP contribution is 2.65. The third kappa shape index (κ3) is 2.40. The lowest BCUT2D eigenvalue weighted by atomic mass is 9.48. The second kappa shape index (κ2) is 5.97. The molecule has 4 rings (SSSR count). The third-order valence-corrected chi connectivity index (χ3v) is 8.21. The summed E-state index contributed by atoms with van der Waals surface area (Å²) in [5.74, 6) is 1.65. The maximum absolute atomic E-state index is 11.4. The number of esters is 1. The summed E-state index contributed by atoms with van der Waals surface area (Å²) in [5, 5.41) is 10.6. The van der Waals surface area contributed by atoms with Crippen molar-refractivity contribution in [2.75, 3.05) is 0 Å². The summed E-state index contributed by atoms with van der Waals surface area (Å²) < 4.78 is 5.49. The lowest BCUT2D eigenvalue weighted by Gasteiger charge is -2.57. The fourth-order valence-corrected chi connectivity index (χ4v) is 6.76. The van der Waals surface area contributed by atoms with Crippen LogP contribution >= 0.6 is 0 Å². The Morgan fingerprint density at radius 3 is 2.62 bits per heavy atom. The Morgan fingerprint density at radius 1 is 1.19 bits per heavy atom. The van der Waals surface area contributed by atoms with E-state index in [-0.39, 0.29) is 22.9 Å². The number of aliphatic hydroxyl groups is 1. The Hall–Kier alpha value is -1.58. The first kappa shape index (κ1) is 17.8. The molecule has 4 heteroatoms. The molecule has 0 amide bonds. The van der Waals surface area contributed by atoms with Crippen LogP contribution in [0.25, 0.3) is 0 Å². The van der Waals surface area contributed by atoms with E-state index in [0.29, 0.717) is 29.1 Å². The molecule has 0 aliphatic heterocycles. The van der Waals surface area contributed by atoms with E-state index in [1.165, 1.54) is 12.5 Å². The first-order chi connectivity index (χ1) is 12.3. The van der Waals surface area contributed by atoms with Crippen molar-refractivity contribution < 1.29 is 19.4 Å². The molecule has 0 radical (unpaired) electrons. The van der Waals surface area contributed by atoms with E-state index in [2.05, 4.69) is 19.9 Å². The summed E-state index contributed by atoms with van der Waals surface area (Å²) in [4.78, 5) is 22.7. The molecule has 3 unspecified atom stereocenters. The molecule has 2 saturated carbocycles. The quantitative estimate of drug-likeness (QED) is 0.448. The molecule has 0 aromatic heterocycles. The van der Waals surface area contributed by atoms with Crippen LogP contribution in [0, 0.1) is 28.6 Å². The molecule has 1 N–H and O–H groups in total. The predicted molar refractivity (Wildman–Crippen MR) is 98.4 cm³/mol. The van der Waals surface area contributed by atoms with Gasteiger partial charge in [-0.25, -0.2) is 0 Å². The fourth-order valence-electron chi connectivity index (χ4n) is 6.76. The van der Waals surface area contributed by atoms with Gasteiger partial charge in [-0.3, -0.25) is 9.59 Å². The molecule has 6 atom stereocenters. The SMILES string of the molecule is CC(=O)O[C@@H]1CC[C@@]2(C)C(=CCC3C2CC[C@]2(C)C(O)=C(C=O)CC32)C1. The molecule has 142 valence electrons. The standard InChI is InChI=1S/C22H30O4/c1-13(24)26-16-6-8-21(2)15(11-16)4-5-17-18(21)7-9-22(3)19(17)10-14(12-23)20(22)25/h4,12,16-19,25H,5-11H2,1-3H3/t16-,17?,18?,19?,21+,22+/m1/s1. The predicted octanol–water partition coefficient (Wildman–Crippen LogP) is 4.50. The summed E-state index contributed by atoms with van der Waals surface area (Å²) in [6.45, 7) is 6.04. The van der Waals surface area contributed by atoms with E-state index in [4.69, 9.17) is 4.74 Å². The van der Waals surface area contributed by atoms with Crippen LogP contribution in [0.3, 0.4) is 0 Å². The number of fused-ring (bicyclic) bond motifs is 5. The first-order valence-corrected chi connectivity index (χ1v) is 10.0. The highest BCUT2D eigenvalue weighted by Gasteiger charge is 2.58. The second-order valence-electron chi connectivity index (χ2n) is 9.39. The van der Waals surface area contributed by atoms with Crippen LogP contribution in [0.1, 0.15) is 65.7 Å². The third-order valence-electron chi connectivity index (χ3n) is 8.21. The summed E-state index contributed by atoms with van der Waals surface area (Å²) in [7, 11) is 0. The van der Waals surface area contributed by atoms with Gasteiger partial charge in [-0.2, -0.15) is 0 Å². The number of carbonyl (C=O) groups is 2. The van der Waals surface area contributed by atoms with Crippen molar-refractivity contribution in [1.29, 1.82) is 0 Å². The molecule has 0 saturated heterocycles. The molecule has 0 heterocycles. The van der Waals surface area contributed by atoms with Gasteiger partial charge in [-0.15, -0.1) is 0 Å². The number of allylic oxidation sites excluding steroid dienone is 3. The normalized spacial score (nSPS) is 44.5. The Morgan fingerprint density at radius 2 is 1.92 bits per heavy atom. The molecule has 0 spiro atoms. The number of hydrogen-bond acceptors (Lipinski definition) is 4. The largest absolute Gasteiger partial charge is 0.511 e. The highest BCUT2D eigenvalue weighted by molar-refractivity contribution is 5.75. The Labute approximate surface area is 155 Å². The maximum Gasteiger partial charge on any atom is 0.302 e. The zero-order valence-corrected chi connectivity index (χ0v) is 16.1. The Balaban J connectivity index is 1.61. The molecule has 4 nitrogen and oxygen atoms in total. The van der Waals surface area contributed by atoms with Crippen LogP contribution < -0.4 is 0 Å². The van der Waals surface area contributed by atoms with Crippen LogP contribution in [0.4, 0.5) is 0 Å². The highest BCUT2D eigenvalue weighted by atomic mass is 16.5. The minimum Gasteiger partial charge on any atom is -0.511 e. The zero-order valence-electron chi connectivity index (χ0n) is 16.1. The minimum atomic E-state index is -0.228. The number of aliphatic hydroxyl groups excluding tert-OH is 1. The van der Waals surface area contributed by atoms with Crippen molar-refractivity contribution >= 4 is 12.3 Å². The summed E-state index contributed by atoms with van der Waals surface area (Å²) in [5.41, 5.74) is 2.02. The van der Waals surface area contributed by atoms with E-state index >= 15 is 0 Å². The molecule has 0 aromatic rings. The molecule has 2 fully saturated rings. The molecular formula is C22H30O4. The molecule has 0 aromatic carbocycles. The van der Waals surface area contributed by atoms with Gasteiger partial charge in [-0.1, -0.05) is 25.5 Å². The lowest BCUT2D eigenvalue weighted by molar-refractivity contribution is -0.148. The van der Waals surface area contributed by atoms with E-state index < -0.39 is 0 Å². The van der Waals surface area contributed by atoms with E-state index in [9.17, 15) is 14.7 Å². The van der Waals surface area contributed by atoms with Gasteiger partial charge < -0.3 is 9.84 Å². The van der Waals surface area contributed by atoms with Crippen LogP contribution in [-0.2, 0) is 14.3 Å². The summed E-state index contributed by atoms with van der Waals surface area (Å²) >= 11 is 0. The zero-order chi connectivity index (χ0) is 18.7. The van der Waals surface area contributed by atoms with E-state index in [1.807, 2.05) is 0 Å². The Kier molecular flexibility index (Phi) is 4.09. The average molecular weight is 358 g/mol. The van der Waals surface area contributed by atoms with Gasteiger partial charge in [0.05, 0.1) is 0 Å². The van der Waals surface area contributed by atoms with Crippen molar-refractivity contribution in [2.24, 2.45) is 28.6 Å². The molecule has 4 aliphatic carbocycles. The molecule has 4 aliphatic rings. The number of aldehydes is 1. The van der Waals surface area contributed by atoms with Gasteiger partial charge in [0.1, 0.15) is 18.1 Å². The van der Waals surface area contributed by atoms with E-state index in [0.717, 1.165) is 51.2 Å². The van der Waals surface area contributed by atoms with Gasteiger partial charge >= 0.3 is 5.97 Å². The smallest absolute Gasteiger partial charge is 0.302 e. The van der Waals surface area contributed by atoms with Crippen LogP contribution in [0.2, 0.25) is 0 Å². The number of rotatable bonds is 2. The fraction of sp³-hybridized carbons (Fsp3) is 0.727. The van der Waals surface area contributed by atoms with Crippen LogP contribution in [0.5, 0.6) is 0 Å². The topological polar surface area (TPSA) is 63.6 Å². The van der Waals surface area contributed by atoms with Crippen molar-refractivity contribution in [3.05, 3.63) is 23.0 Å². The average Bonchev–Trinajstić information content (AvgIpc) is 2.86.